The van der Waals surface area contributed by atoms with Gasteiger partial charge in [-0.25, -0.2) is 4.39 Å². The van der Waals surface area contributed by atoms with Crippen LogP contribution in [0.1, 0.15) is 5.89 Å². The molecule has 1 aliphatic rings. The third-order valence-corrected chi connectivity index (χ3v) is 4.04. The Morgan fingerprint density at radius 2 is 2.08 bits per heavy atom. The minimum atomic E-state index is -0.523. The van der Waals surface area contributed by atoms with Crippen molar-refractivity contribution in [3.05, 3.63) is 59.2 Å². The van der Waals surface area contributed by atoms with E-state index < -0.39 is 5.82 Å². The van der Waals surface area contributed by atoms with E-state index in [0.29, 0.717) is 17.0 Å². The average Bonchev–Trinajstić information content (AvgIpc) is 3.08. The van der Waals surface area contributed by atoms with E-state index in [0.717, 1.165) is 0 Å². The number of nitrogens with zero attached hydrogens (tertiary/aromatic N) is 3. The summed E-state index contributed by atoms with van der Waals surface area (Å²) < 4.78 is 23.9. The number of hydrogen-bond donors (Lipinski definition) is 0. The standard InChI is InChI=1S/C17H11ClFN3O3/c18-11-7-10(5-6-12(11)19)17-20-15(25-21-17)8-22-13-3-1-2-4-14(13)24-9-16(22)23/h1-7H,8-9H2. The number of rotatable bonds is 3. The van der Waals surface area contributed by atoms with Gasteiger partial charge in [-0.2, -0.15) is 4.98 Å². The highest BCUT2D eigenvalue weighted by Crippen LogP contribution is 2.32. The first kappa shape index (κ1) is 15.6. The lowest BCUT2D eigenvalue weighted by molar-refractivity contribution is -0.121. The van der Waals surface area contributed by atoms with Crippen molar-refractivity contribution >= 4 is 23.2 Å². The molecule has 0 saturated heterocycles. The molecule has 6 nitrogen and oxygen atoms in total. The Bertz CT molecular complexity index is 960. The monoisotopic (exact) mass is 359 g/mol. The molecule has 3 aromatic rings. The molecule has 25 heavy (non-hydrogen) atoms. The van der Waals surface area contributed by atoms with Crippen LogP contribution < -0.4 is 9.64 Å². The first-order chi connectivity index (χ1) is 12.1. The number of para-hydroxylation sites is 2. The van der Waals surface area contributed by atoms with E-state index in [2.05, 4.69) is 10.1 Å². The Morgan fingerprint density at radius 1 is 1.24 bits per heavy atom. The minimum absolute atomic E-state index is 0.0267. The van der Waals surface area contributed by atoms with Crippen LogP contribution in [0.25, 0.3) is 11.4 Å². The number of carbonyl (C=O) groups is 1. The van der Waals surface area contributed by atoms with Crippen molar-refractivity contribution < 1.29 is 18.4 Å². The molecule has 0 unspecified atom stereocenters. The molecule has 1 amide bonds. The minimum Gasteiger partial charge on any atom is -0.482 e. The molecule has 0 fully saturated rings. The van der Waals surface area contributed by atoms with Gasteiger partial charge in [0.2, 0.25) is 11.7 Å². The summed E-state index contributed by atoms with van der Waals surface area (Å²) in [4.78, 5) is 18.0. The summed E-state index contributed by atoms with van der Waals surface area (Å²) >= 11 is 5.77. The van der Waals surface area contributed by atoms with Crippen LogP contribution in [-0.4, -0.2) is 22.7 Å². The van der Waals surface area contributed by atoms with Gasteiger partial charge in [-0.15, -0.1) is 0 Å². The van der Waals surface area contributed by atoms with Gasteiger partial charge in [0.1, 0.15) is 18.1 Å². The molecular weight excluding hydrogens is 349 g/mol. The van der Waals surface area contributed by atoms with Gasteiger partial charge in [0.25, 0.3) is 5.91 Å². The molecule has 0 saturated carbocycles. The fourth-order valence-corrected chi connectivity index (χ4v) is 2.71. The molecule has 2 aromatic carbocycles. The fraction of sp³-hybridized carbons (Fsp3) is 0.118. The van der Waals surface area contributed by atoms with Gasteiger partial charge in [0, 0.05) is 5.56 Å². The molecule has 0 atom stereocenters. The van der Waals surface area contributed by atoms with Crippen molar-refractivity contribution in [3.63, 3.8) is 0 Å². The van der Waals surface area contributed by atoms with Gasteiger partial charge in [-0.05, 0) is 30.3 Å². The lowest BCUT2D eigenvalue weighted by Gasteiger charge is -2.27. The lowest BCUT2D eigenvalue weighted by Crippen LogP contribution is -2.38. The van der Waals surface area contributed by atoms with Crippen molar-refractivity contribution in [1.29, 1.82) is 0 Å². The van der Waals surface area contributed by atoms with Crippen LogP contribution in [0.3, 0.4) is 0 Å². The maximum absolute atomic E-state index is 13.3. The lowest BCUT2D eigenvalue weighted by atomic mass is 10.2. The van der Waals surface area contributed by atoms with E-state index >= 15 is 0 Å². The van der Waals surface area contributed by atoms with Gasteiger partial charge >= 0.3 is 0 Å². The molecule has 4 rings (SSSR count). The summed E-state index contributed by atoms with van der Waals surface area (Å²) in [7, 11) is 0. The SMILES string of the molecule is O=C1COc2ccccc2N1Cc1nc(-c2ccc(F)c(Cl)c2)no1. The Morgan fingerprint density at radius 3 is 2.92 bits per heavy atom. The first-order valence-corrected chi connectivity index (χ1v) is 7.80. The second-order valence-electron chi connectivity index (χ2n) is 5.38. The number of halogens is 2. The molecular formula is C17H11ClFN3O3. The molecule has 0 bridgehead atoms. The normalized spacial score (nSPS) is 13.5. The van der Waals surface area contributed by atoms with Gasteiger partial charge in [0.05, 0.1) is 10.7 Å². The summed E-state index contributed by atoms with van der Waals surface area (Å²) in [5.41, 5.74) is 1.17. The van der Waals surface area contributed by atoms with Crippen molar-refractivity contribution in [2.75, 3.05) is 11.5 Å². The van der Waals surface area contributed by atoms with Crippen LogP contribution in [0.5, 0.6) is 5.75 Å². The Labute approximate surface area is 146 Å². The first-order valence-electron chi connectivity index (χ1n) is 7.42. The molecule has 2 heterocycles. The van der Waals surface area contributed by atoms with Crippen LogP contribution in [0.15, 0.2) is 47.0 Å². The van der Waals surface area contributed by atoms with Gasteiger partial charge < -0.3 is 9.26 Å². The molecule has 126 valence electrons. The number of anilines is 1. The smallest absolute Gasteiger partial charge is 0.265 e. The summed E-state index contributed by atoms with van der Waals surface area (Å²) in [5.74, 6) is 0.409. The fourth-order valence-electron chi connectivity index (χ4n) is 2.53. The second kappa shape index (κ2) is 6.18. The van der Waals surface area contributed by atoms with E-state index in [1.165, 1.54) is 23.1 Å². The maximum atomic E-state index is 13.3. The summed E-state index contributed by atoms with van der Waals surface area (Å²) in [6.07, 6.45) is 0. The number of amides is 1. The number of aromatic nitrogens is 2. The van der Waals surface area contributed by atoms with E-state index in [9.17, 15) is 9.18 Å². The van der Waals surface area contributed by atoms with Gasteiger partial charge in [-0.3, -0.25) is 9.69 Å². The van der Waals surface area contributed by atoms with Crippen LogP contribution in [0, 0.1) is 5.82 Å². The van der Waals surface area contributed by atoms with Crippen LogP contribution >= 0.6 is 11.6 Å². The zero-order valence-electron chi connectivity index (χ0n) is 12.8. The third-order valence-electron chi connectivity index (χ3n) is 3.75. The Hall–Kier alpha value is -2.93. The van der Waals surface area contributed by atoms with Crippen molar-refractivity contribution in [2.24, 2.45) is 0 Å². The molecule has 8 heteroatoms. The predicted molar refractivity (Wildman–Crippen MR) is 87.8 cm³/mol. The Kier molecular flexibility index (Phi) is 3.85. The van der Waals surface area contributed by atoms with Crippen molar-refractivity contribution in [1.82, 2.24) is 10.1 Å². The molecule has 0 spiro atoms. The Balaban J connectivity index is 1.61. The van der Waals surface area contributed by atoms with E-state index in [4.69, 9.17) is 20.9 Å². The third kappa shape index (κ3) is 2.94. The highest BCUT2D eigenvalue weighted by Gasteiger charge is 2.27. The second-order valence-corrected chi connectivity index (χ2v) is 5.78. The summed E-state index contributed by atoms with van der Waals surface area (Å²) in [6, 6.07) is 11.4. The number of benzene rings is 2. The number of fused-ring (bicyclic) bond motifs is 1. The molecule has 0 N–H and O–H groups in total. The summed E-state index contributed by atoms with van der Waals surface area (Å²) in [6.45, 7) is 0.0622. The average molecular weight is 360 g/mol. The number of carbonyl (C=O) groups excluding carboxylic acids is 1. The topological polar surface area (TPSA) is 68.5 Å². The highest BCUT2D eigenvalue weighted by atomic mass is 35.5. The van der Waals surface area contributed by atoms with E-state index in [1.54, 1.807) is 12.1 Å². The van der Waals surface area contributed by atoms with Gasteiger partial charge in [0.15, 0.2) is 6.61 Å². The molecule has 1 aromatic heterocycles. The van der Waals surface area contributed by atoms with E-state index in [-0.39, 0.29) is 35.8 Å². The maximum Gasteiger partial charge on any atom is 0.265 e. The van der Waals surface area contributed by atoms with Crippen LogP contribution in [0.2, 0.25) is 5.02 Å². The zero-order chi connectivity index (χ0) is 17.4. The largest absolute Gasteiger partial charge is 0.482 e. The number of hydrogen-bond acceptors (Lipinski definition) is 5. The molecule has 0 radical (unpaired) electrons. The van der Waals surface area contributed by atoms with Crippen molar-refractivity contribution in [3.8, 4) is 17.1 Å². The number of ether oxygens (including phenoxy) is 1. The molecule has 0 aliphatic carbocycles. The van der Waals surface area contributed by atoms with Crippen molar-refractivity contribution in [2.45, 2.75) is 6.54 Å². The molecule has 1 aliphatic heterocycles. The summed E-state index contributed by atoms with van der Waals surface area (Å²) in [5, 5.41) is 3.84. The van der Waals surface area contributed by atoms with Gasteiger partial charge in [-0.1, -0.05) is 28.9 Å². The van der Waals surface area contributed by atoms with Crippen LogP contribution in [-0.2, 0) is 11.3 Å². The highest BCUT2D eigenvalue weighted by molar-refractivity contribution is 6.31. The zero-order valence-corrected chi connectivity index (χ0v) is 13.5. The quantitative estimate of drug-likeness (QED) is 0.716. The van der Waals surface area contributed by atoms with Crippen LogP contribution in [0.4, 0.5) is 10.1 Å². The van der Waals surface area contributed by atoms with E-state index in [1.807, 2.05) is 12.1 Å². The predicted octanol–water partition coefficient (Wildman–Crippen LogP) is 3.45.